The minimum absolute atomic E-state index is 0.0314. The van der Waals surface area contributed by atoms with Crippen molar-refractivity contribution in [3.05, 3.63) is 81.7 Å². The molecule has 3 aliphatic rings. The normalized spacial score (nSPS) is 21.1. The van der Waals surface area contributed by atoms with Gasteiger partial charge in [0.15, 0.2) is 17.3 Å². The van der Waals surface area contributed by atoms with E-state index in [1.54, 1.807) is 38.5 Å². The Labute approximate surface area is 240 Å². The van der Waals surface area contributed by atoms with Crippen molar-refractivity contribution < 1.29 is 33.3 Å². The van der Waals surface area contributed by atoms with Crippen LogP contribution in [0, 0.1) is 0 Å². The molecular weight excluding hydrogens is 522 g/mol. The quantitative estimate of drug-likeness (QED) is 0.430. The van der Waals surface area contributed by atoms with E-state index in [9.17, 15) is 14.4 Å². The number of carbonyl (C=O) groups excluding carboxylic acids is 3. The Morgan fingerprint density at radius 2 is 1.51 bits per heavy atom. The molecule has 1 fully saturated rings. The first kappa shape index (κ1) is 28.5. The molecule has 0 saturated heterocycles. The predicted molar refractivity (Wildman–Crippen MR) is 153 cm³/mol. The van der Waals surface area contributed by atoms with E-state index < -0.39 is 17.9 Å². The zero-order valence-corrected chi connectivity index (χ0v) is 24.1. The Balaban J connectivity index is 1.52. The second-order valence-electron chi connectivity index (χ2n) is 10.9. The van der Waals surface area contributed by atoms with Crippen LogP contribution in [0.25, 0.3) is 0 Å². The topological polar surface area (TPSA) is 100 Å². The van der Waals surface area contributed by atoms with E-state index in [0.717, 1.165) is 48.9 Å². The van der Waals surface area contributed by atoms with Crippen molar-refractivity contribution in [3.63, 3.8) is 0 Å². The smallest absolute Gasteiger partial charge is 0.337 e. The number of hydrogen-bond acceptors (Lipinski definition) is 8. The fourth-order valence-electron chi connectivity index (χ4n) is 6.31. The molecule has 5 rings (SSSR count). The van der Waals surface area contributed by atoms with Gasteiger partial charge in [0.2, 0.25) is 0 Å². The van der Waals surface area contributed by atoms with Crippen molar-refractivity contribution in [3.8, 4) is 11.5 Å². The van der Waals surface area contributed by atoms with Gasteiger partial charge >= 0.3 is 11.9 Å². The zero-order valence-electron chi connectivity index (χ0n) is 24.1. The van der Waals surface area contributed by atoms with Crippen LogP contribution < -0.4 is 14.8 Å². The number of allylic oxidation sites excluding steroid dienone is 3. The summed E-state index contributed by atoms with van der Waals surface area (Å²) in [5.41, 5.74) is 4.62. The van der Waals surface area contributed by atoms with E-state index in [1.165, 1.54) is 7.11 Å². The molecule has 216 valence electrons. The van der Waals surface area contributed by atoms with Gasteiger partial charge in [-0.2, -0.15) is 0 Å². The monoisotopic (exact) mass is 559 g/mol. The van der Waals surface area contributed by atoms with Crippen LogP contribution in [-0.2, 0) is 19.1 Å². The Hall–Kier alpha value is -4.07. The van der Waals surface area contributed by atoms with Gasteiger partial charge in [0.25, 0.3) is 0 Å². The highest BCUT2D eigenvalue weighted by Crippen LogP contribution is 2.46. The lowest BCUT2D eigenvalue weighted by Crippen LogP contribution is -2.37. The molecule has 41 heavy (non-hydrogen) atoms. The van der Waals surface area contributed by atoms with Crippen molar-refractivity contribution in [1.29, 1.82) is 0 Å². The maximum Gasteiger partial charge on any atom is 0.337 e. The van der Waals surface area contributed by atoms with Gasteiger partial charge in [0.05, 0.1) is 32.5 Å². The molecule has 2 aliphatic carbocycles. The van der Waals surface area contributed by atoms with Crippen molar-refractivity contribution in [2.24, 2.45) is 0 Å². The number of carbonyl (C=O) groups is 3. The van der Waals surface area contributed by atoms with E-state index in [-0.39, 0.29) is 24.2 Å². The minimum Gasteiger partial charge on any atom is -0.493 e. The highest BCUT2D eigenvalue weighted by molar-refractivity contribution is 6.04. The van der Waals surface area contributed by atoms with Gasteiger partial charge in [-0.05, 0) is 80.3 Å². The maximum absolute atomic E-state index is 14.0. The molecule has 0 amide bonds. The molecule has 0 unspecified atom stereocenters. The molecular formula is C33H37NO7. The van der Waals surface area contributed by atoms with Gasteiger partial charge in [0, 0.05) is 29.3 Å². The Morgan fingerprint density at radius 3 is 2.17 bits per heavy atom. The van der Waals surface area contributed by atoms with E-state index in [1.807, 2.05) is 25.1 Å². The van der Waals surface area contributed by atoms with Crippen LogP contribution in [0.5, 0.6) is 11.5 Å². The first-order valence-corrected chi connectivity index (χ1v) is 14.2. The number of Topliss-reactive ketones (excluding diaryl/α,β-unsaturated/α-hetero) is 1. The van der Waals surface area contributed by atoms with Gasteiger partial charge < -0.3 is 24.3 Å². The number of ketones is 1. The summed E-state index contributed by atoms with van der Waals surface area (Å²) in [6.45, 7) is 1.86. The number of dihydropyridines is 1. The van der Waals surface area contributed by atoms with Crippen molar-refractivity contribution in [2.45, 2.75) is 69.8 Å². The van der Waals surface area contributed by atoms with Crippen molar-refractivity contribution >= 4 is 17.7 Å². The number of rotatable bonds is 7. The fraction of sp³-hybridized carbons (Fsp3) is 0.424. The van der Waals surface area contributed by atoms with Gasteiger partial charge in [-0.25, -0.2) is 9.59 Å². The average Bonchev–Trinajstić information content (AvgIpc) is 3.00. The third-order valence-electron chi connectivity index (χ3n) is 8.42. The Morgan fingerprint density at radius 1 is 0.829 bits per heavy atom. The molecule has 2 atom stereocenters. The first-order chi connectivity index (χ1) is 19.8. The van der Waals surface area contributed by atoms with Crippen LogP contribution >= 0.6 is 0 Å². The second-order valence-corrected chi connectivity index (χ2v) is 10.9. The van der Waals surface area contributed by atoms with Gasteiger partial charge in [-0.1, -0.05) is 24.6 Å². The number of methoxy groups -OCH3 is 3. The van der Waals surface area contributed by atoms with E-state index in [2.05, 4.69) is 5.32 Å². The molecule has 1 heterocycles. The second kappa shape index (κ2) is 12.2. The summed E-state index contributed by atoms with van der Waals surface area (Å²) in [5.74, 6) is -0.309. The lowest BCUT2D eigenvalue weighted by atomic mass is 9.71. The predicted octanol–water partition coefficient (Wildman–Crippen LogP) is 5.73. The number of nitrogens with one attached hydrogen (secondary N) is 1. The third kappa shape index (κ3) is 5.73. The molecule has 2 aromatic carbocycles. The molecule has 0 spiro atoms. The summed E-state index contributed by atoms with van der Waals surface area (Å²) in [7, 11) is 4.52. The van der Waals surface area contributed by atoms with Crippen molar-refractivity contribution in [2.75, 3.05) is 21.3 Å². The lowest BCUT2D eigenvalue weighted by molar-refractivity contribution is -0.146. The van der Waals surface area contributed by atoms with Crippen molar-refractivity contribution in [1.82, 2.24) is 5.32 Å². The Bertz CT molecular complexity index is 1400. The number of benzene rings is 2. The molecule has 8 heteroatoms. The maximum atomic E-state index is 14.0. The van der Waals surface area contributed by atoms with Gasteiger partial charge in [0.1, 0.15) is 6.10 Å². The summed E-state index contributed by atoms with van der Waals surface area (Å²) in [5, 5.41) is 3.41. The average molecular weight is 560 g/mol. The zero-order chi connectivity index (χ0) is 29.1. The highest BCUT2D eigenvalue weighted by Gasteiger charge is 2.42. The van der Waals surface area contributed by atoms with Crippen LogP contribution in [0.4, 0.5) is 0 Å². The number of hydrogen-bond donors (Lipinski definition) is 1. The molecule has 8 nitrogen and oxygen atoms in total. The molecule has 1 aliphatic heterocycles. The summed E-state index contributed by atoms with van der Waals surface area (Å²) < 4.78 is 21.8. The summed E-state index contributed by atoms with van der Waals surface area (Å²) >= 11 is 0. The highest BCUT2D eigenvalue weighted by atomic mass is 16.5. The van der Waals surface area contributed by atoms with Crippen LogP contribution in [0.1, 0.15) is 85.2 Å². The van der Waals surface area contributed by atoms with Gasteiger partial charge in [-0.3, -0.25) is 4.79 Å². The van der Waals surface area contributed by atoms with Crippen LogP contribution in [-0.4, -0.2) is 45.2 Å². The molecule has 1 saturated carbocycles. The summed E-state index contributed by atoms with van der Waals surface area (Å²) in [6.07, 6.45) is 5.69. The lowest BCUT2D eigenvalue weighted by Gasteiger charge is -2.37. The minimum atomic E-state index is -0.604. The van der Waals surface area contributed by atoms with E-state index >= 15 is 0 Å². The molecule has 0 radical (unpaired) electrons. The standard InChI is InChI=1S/C33H37NO7/c1-19-29(33(37)41-24-8-6-5-7-9-24)30(20-10-12-21(13-11-20)32(36)40-4)31-25(34-19)16-23(17-26(31)35)22-14-15-27(38-2)28(18-22)39-3/h10-15,18,23-24,30,34H,5-9,16-17H2,1-4H3/t23-,30-/m0/s1. The molecule has 2 aromatic rings. The molecule has 0 aromatic heterocycles. The molecule has 0 bridgehead atoms. The third-order valence-corrected chi connectivity index (χ3v) is 8.42. The Kier molecular flexibility index (Phi) is 8.47. The molecule has 1 N–H and O–H groups in total. The van der Waals surface area contributed by atoms with Gasteiger partial charge in [-0.15, -0.1) is 0 Å². The fourth-order valence-corrected chi connectivity index (χ4v) is 6.31. The van der Waals surface area contributed by atoms with Crippen LogP contribution in [0.15, 0.2) is 65.0 Å². The summed E-state index contributed by atoms with van der Waals surface area (Å²) in [4.78, 5) is 39.8. The van der Waals surface area contributed by atoms with E-state index in [0.29, 0.717) is 40.3 Å². The summed E-state index contributed by atoms with van der Waals surface area (Å²) in [6, 6.07) is 12.7. The number of ether oxygens (including phenoxy) is 4. The largest absolute Gasteiger partial charge is 0.493 e. The SMILES string of the molecule is COC(=O)c1ccc([C@H]2C(C(=O)OC3CCCCC3)=C(C)NC3=C2C(=O)C[C@@H](c2ccc(OC)c(OC)c2)C3)cc1. The van der Waals surface area contributed by atoms with Crippen LogP contribution in [0.2, 0.25) is 0 Å². The number of esters is 2. The van der Waals surface area contributed by atoms with Crippen LogP contribution in [0.3, 0.4) is 0 Å². The van der Waals surface area contributed by atoms with E-state index in [4.69, 9.17) is 18.9 Å². The first-order valence-electron chi connectivity index (χ1n) is 14.2.